The van der Waals surface area contributed by atoms with Gasteiger partial charge in [-0.2, -0.15) is 0 Å². The van der Waals surface area contributed by atoms with Gasteiger partial charge in [0, 0.05) is 12.0 Å². The lowest BCUT2D eigenvalue weighted by molar-refractivity contribution is -0.138. The molecule has 0 amide bonds. The lowest BCUT2D eigenvalue weighted by Crippen LogP contribution is -2.36. The highest BCUT2D eigenvalue weighted by Gasteiger charge is 2.35. The maximum absolute atomic E-state index is 13.0. The molecule has 146 valence electrons. The van der Waals surface area contributed by atoms with Crippen LogP contribution in [0.2, 0.25) is 0 Å². The molecule has 0 radical (unpaired) electrons. The van der Waals surface area contributed by atoms with Crippen LogP contribution in [0.5, 0.6) is 11.5 Å². The molecule has 1 atom stereocenters. The average molecular weight is 397 g/mol. The van der Waals surface area contributed by atoms with Gasteiger partial charge in [-0.25, -0.2) is 4.79 Å². The molecule has 0 saturated heterocycles. The van der Waals surface area contributed by atoms with Crippen LogP contribution in [-0.4, -0.2) is 31.8 Å². The van der Waals surface area contributed by atoms with E-state index < -0.39 is 6.04 Å². The Hall–Kier alpha value is -2.86. The summed E-state index contributed by atoms with van der Waals surface area (Å²) in [5, 5.41) is 3.29. The molecule has 5 nitrogen and oxygen atoms in total. The summed E-state index contributed by atoms with van der Waals surface area (Å²) in [5.74, 6) is 0.774. The third kappa shape index (κ3) is 3.87. The van der Waals surface area contributed by atoms with Crippen LogP contribution in [-0.2, 0) is 9.53 Å². The zero-order chi connectivity index (χ0) is 20.1. The Morgan fingerprint density at radius 3 is 2.50 bits per heavy atom. The topological polar surface area (TPSA) is 56.8 Å². The van der Waals surface area contributed by atoms with Gasteiger partial charge in [-0.1, -0.05) is 54.7 Å². The third-order valence-corrected chi connectivity index (χ3v) is 4.88. The van der Waals surface area contributed by atoms with Crippen LogP contribution in [0.1, 0.15) is 30.5 Å². The Bertz CT molecular complexity index is 908. The zero-order valence-electron chi connectivity index (χ0n) is 16.2. The van der Waals surface area contributed by atoms with E-state index in [9.17, 15) is 4.79 Å². The Morgan fingerprint density at radius 1 is 1.11 bits per heavy atom. The van der Waals surface area contributed by atoms with Crippen LogP contribution in [0.3, 0.4) is 0 Å². The summed E-state index contributed by atoms with van der Waals surface area (Å²) in [4.78, 5) is 13.6. The van der Waals surface area contributed by atoms with Crippen LogP contribution in [0, 0.1) is 0 Å². The van der Waals surface area contributed by atoms with E-state index in [0.29, 0.717) is 28.5 Å². The number of para-hydroxylation sites is 1. The van der Waals surface area contributed by atoms with Gasteiger partial charge >= 0.3 is 5.97 Å². The molecule has 2 aromatic carbocycles. The van der Waals surface area contributed by atoms with Crippen LogP contribution in [0.15, 0.2) is 54.1 Å². The van der Waals surface area contributed by atoms with Crippen LogP contribution in [0.25, 0.3) is 5.57 Å². The summed E-state index contributed by atoms with van der Waals surface area (Å²) in [7, 11) is 3.16. The molecule has 1 aliphatic rings. The standard InChI is InChI=1S/C22H23NO4S/c1-4-27-22(24)19-16(14-9-6-5-7-10-14)13-18(28)23-20(19)15-11-8-12-17(25-2)21(15)26-3/h5-12,20H,4,13H2,1-3H3,(H,23,28). The number of benzene rings is 2. The number of thiocarbonyl (C=S) groups is 1. The summed E-state index contributed by atoms with van der Waals surface area (Å²) < 4.78 is 16.4. The minimum Gasteiger partial charge on any atom is -0.493 e. The van der Waals surface area contributed by atoms with E-state index in [1.54, 1.807) is 21.1 Å². The fourth-order valence-corrected chi connectivity index (χ4v) is 3.70. The number of nitrogens with one attached hydrogen (secondary N) is 1. The molecule has 1 N–H and O–H groups in total. The first-order valence-corrected chi connectivity index (χ1v) is 9.47. The van der Waals surface area contributed by atoms with Crippen molar-refractivity contribution in [2.75, 3.05) is 20.8 Å². The second-order valence-electron chi connectivity index (χ2n) is 6.24. The van der Waals surface area contributed by atoms with Gasteiger partial charge in [-0.15, -0.1) is 0 Å². The largest absolute Gasteiger partial charge is 0.493 e. The van der Waals surface area contributed by atoms with Gasteiger partial charge in [0.1, 0.15) is 0 Å². The molecular weight excluding hydrogens is 374 g/mol. The van der Waals surface area contributed by atoms with E-state index in [4.69, 9.17) is 26.4 Å². The monoisotopic (exact) mass is 397 g/mol. The number of carbonyl (C=O) groups is 1. The minimum absolute atomic E-state index is 0.289. The molecule has 0 fully saturated rings. The molecule has 0 aromatic heterocycles. The normalized spacial score (nSPS) is 16.4. The molecular formula is C22H23NO4S. The average Bonchev–Trinajstić information content (AvgIpc) is 2.73. The molecule has 0 bridgehead atoms. The molecule has 2 aromatic rings. The van der Waals surface area contributed by atoms with Gasteiger partial charge in [0.2, 0.25) is 0 Å². The van der Waals surface area contributed by atoms with Gasteiger partial charge in [0.15, 0.2) is 11.5 Å². The van der Waals surface area contributed by atoms with Crippen molar-refractivity contribution >= 4 is 28.7 Å². The predicted molar refractivity (Wildman–Crippen MR) is 113 cm³/mol. The smallest absolute Gasteiger partial charge is 0.336 e. The first kappa shape index (κ1) is 19.9. The summed E-state index contributed by atoms with van der Waals surface area (Å²) >= 11 is 5.54. The van der Waals surface area contributed by atoms with Gasteiger partial charge in [0.25, 0.3) is 0 Å². The second-order valence-corrected chi connectivity index (χ2v) is 6.73. The van der Waals surface area contributed by atoms with Gasteiger partial charge in [-0.05, 0) is 24.1 Å². The van der Waals surface area contributed by atoms with E-state index in [1.165, 1.54) is 0 Å². The highest BCUT2D eigenvalue weighted by molar-refractivity contribution is 7.80. The SMILES string of the molecule is CCOC(=O)C1=C(c2ccccc2)CC(=S)NC1c1cccc(OC)c1OC. The molecule has 3 rings (SSSR count). The lowest BCUT2D eigenvalue weighted by atomic mass is 9.85. The quantitative estimate of drug-likeness (QED) is 0.585. The number of rotatable bonds is 6. The first-order chi connectivity index (χ1) is 13.6. The maximum Gasteiger partial charge on any atom is 0.336 e. The van der Waals surface area contributed by atoms with Crippen molar-refractivity contribution in [1.29, 1.82) is 0 Å². The lowest BCUT2D eigenvalue weighted by Gasteiger charge is -2.31. The van der Waals surface area contributed by atoms with Crippen molar-refractivity contribution < 1.29 is 19.0 Å². The second kappa shape index (κ2) is 8.89. The van der Waals surface area contributed by atoms with Crippen LogP contribution >= 0.6 is 12.2 Å². The Kier molecular flexibility index (Phi) is 6.31. The Balaban J connectivity index is 2.24. The number of hydrogen-bond acceptors (Lipinski definition) is 5. The van der Waals surface area contributed by atoms with Crippen LogP contribution < -0.4 is 14.8 Å². The number of esters is 1. The van der Waals surface area contributed by atoms with Gasteiger partial charge < -0.3 is 19.5 Å². The molecule has 0 spiro atoms. The Morgan fingerprint density at radius 2 is 1.86 bits per heavy atom. The van der Waals surface area contributed by atoms with Crippen molar-refractivity contribution in [2.45, 2.75) is 19.4 Å². The van der Waals surface area contributed by atoms with E-state index >= 15 is 0 Å². The maximum atomic E-state index is 13.0. The predicted octanol–water partition coefficient (Wildman–Crippen LogP) is 4.08. The highest BCUT2D eigenvalue weighted by atomic mass is 32.1. The molecule has 28 heavy (non-hydrogen) atoms. The summed E-state index contributed by atoms with van der Waals surface area (Å²) in [6.45, 7) is 2.08. The van der Waals surface area contributed by atoms with Crippen molar-refractivity contribution in [2.24, 2.45) is 0 Å². The fourth-order valence-electron chi connectivity index (χ4n) is 3.43. The molecule has 0 aliphatic carbocycles. The van der Waals surface area contributed by atoms with Gasteiger partial charge in [0.05, 0.1) is 37.4 Å². The Labute approximate surface area is 170 Å². The molecule has 1 aliphatic heterocycles. The van der Waals surface area contributed by atoms with Crippen LogP contribution in [0.4, 0.5) is 0 Å². The number of hydrogen-bond donors (Lipinski definition) is 1. The van der Waals surface area contributed by atoms with Crippen molar-refractivity contribution in [3.63, 3.8) is 0 Å². The summed E-state index contributed by atoms with van der Waals surface area (Å²) in [6, 6.07) is 14.8. The fraction of sp³-hybridized carbons (Fsp3) is 0.273. The van der Waals surface area contributed by atoms with Crippen molar-refractivity contribution in [3.05, 3.63) is 65.2 Å². The molecule has 1 heterocycles. The molecule has 1 unspecified atom stereocenters. The van der Waals surface area contributed by atoms with Gasteiger partial charge in [-0.3, -0.25) is 0 Å². The minimum atomic E-state index is -0.499. The number of ether oxygens (including phenoxy) is 3. The van der Waals surface area contributed by atoms with Crippen molar-refractivity contribution in [1.82, 2.24) is 5.32 Å². The van der Waals surface area contributed by atoms with Crippen molar-refractivity contribution in [3.8, 4) is 11.5 Å². The third-order valence-electron chi connectivity index (χ3n) is 4.62. The zero-order valence-corrected chi connectivity index (χ0v) is 17.0. The first-order valence-electron chi connectivity index (χ1n) is 9.06. The van der Waals surface area contributed by atoms with E-state index in [-0.39, 0.29) is 12.6 Å². The molecule has 0 saturated carbocycles. The van der Waals surface area contributed by atoms with E-state index in [1.807, 2.05) is 48.5 Å². The highest BCUT2D eigenvalue weighted by Crippen LogP contribution is 2.42. The number of methoxy groups -OCH3 is 2. The summed E-state index contributed by atoms with van der Waals surface area (Å²) in [5.41, 5.74) is 3.10. The number of carbonyl (C=O) groups excluding carboxylic acids is 1. The van der Waals surface area contributed by atoms with E-state index in [0.717, 1.165) is 16.7 Å². The molecule has 6 heteroatoms. The summed E-state index contributed by atoms with van der Waals surface area (Å²) in [6.07, 6.45) is 0.469. The van der Waals surface area contributed by atoms with E-state index in [2.05, 4.69) is 5.32 Å².